The molecule has 1 aliphatic rings. The maximum atomic E-state index is 12.9. The van der Waals surface area contributed by atoms with E-state index in [4.69, 9.17) is 11.1 Å². The van der Waals surface area contributed by atoms with Crippen LogP contribution in [-0.2, 0) is 6.42 Å². The van der Waals surface area contributed by atoms with E-state index in [1.165, 1.54) is 37.4 Å². The fraction of sp³-hybridized carbons (Fsp3) is 0.500. The largest absolute Gasteiger partial charge is 0.382 e. The van der Waals surface area contributed by atoms with Crippen LogP contribution in [0.4, 0.5) is 0 Å². The van der Waals surface area contributed by atoms with Gasteiger partial charge in [-0.1, -0.05) is 38.3 Å². The molecule has 3 aromatic rings. The van der Waals surface area contributed by atoms with Gasteiger partial charge in [0, 0.05) is 41.0 Å². The van der Waals surface area contributed by atoms with E-state index in [2.05, 4.69) is 52.8 Å². The summed E-state index contributed by atoms with van der Waals surface area (Å²) >= 11 is 0. The number of hydrogen-bond acceptors (Lipinski definition) is 4. The molecule has 0 amide bonds. The standard InChI is InChI=1S/C26H36N6O/c1-4-5-12-23(32-16(2)8-6-9-17(32)3)19-10-7-11-21-20(19)13-18(26(33)31-21)14-24-29-15-22(30-24)25(27)28/h7,10-11,13,15-17,23H,4-6,8-9,12,14H2,1-3H3,(H3,27,28)(H,29,30)(H,31,33). The number of nitrogen functional groups attached to an aromatic ring is 1. The highest BCUT2D eigenvalue weighted by Gasteiger charge is 2.32. The smallest absolute Gasteiger partial charge is 0.252 e. The third kappa shape index (κ3) is 4.88. The summed E-state index contributed by atoms with van der Waals surface area (Å²) in [6.45, 7) is 6.96. The molecule has 0 aliphatic carbocycles. The maximum Gasteiger partial charge on any atom is 0.252 e. The van der Waals surface area contributed by atoms with Crippen molar-refractivity contribution in [3.8, 4) is 0 Å². The lowest BCUT2D eigenvalue weighted by molar-refractivity contribution is 0.0496. The normalized spacial score (nSPS) is 20.2. The van der Waals surface area contributed by atoms with Crippen LogP contribution < -0.4 is 11.3 Å². The minimum absolute atomic E-state index is 0.0630. The summed E-state index contributed by atoms with van der Waals surface area (Å²) in [6.07, 6.45) is 9.11. The number of imidazole rings is 1. The summed E-state index contributed by atoms with van der Waals surface area (Å²) in [5, 5.41) is 8.68. The maximum absolute atomic E-state index is 12.9. The fourth-order valence-corrected chi connectivity index (χ4v) is 5.41. The Morgan fingerprint density at radius 3 is 2.70 bits per heavy atom. The van der Waals surface area contributed by atoms with Gasteiger partial charge in [0.2, 0.25) is 0 Å². The lowest BCUT2D eigenvalue weighted by atomic mass is 9.88. The Balaban J connectivity index is 1.77. The number of amidine groups is 1. The third-order valence-electron chi connectivity index (χ3n) is 7.09. The van der Waals surface area contributed by atoms with Gasteiger partial charge in [-0.25, -0.2) is 4.98 Å². The zero-order valence-electron chi connectivity index (χ0n) is 19.9. The monoisotopic (exact) mass is 448 g/mol. The number of aromatic amines is 2. The predicted octanol–water partition coefficient (Wildman–Crippen LogP) is 4.62. The zero-order chi connectivity index (χ0) is 23.5. The van der Waals surface area contributed by atoms with Gasteiger partial charge < -0.3 is 15.7 Å². The van der Waals surface area contributed by atoms with Gasteiger partial charge in [-0.3, -0.25) is 15.1 Å². The van der Waals surface area contributed by atoms with E-state index in [-0.39, 0.29) is 11.4 Å². The van der Waals surface area contributed by atoms with Crippen molar-refractivity contribution in [2.45, 2.75) is 83.8 Å². The first kappa shape index (κ1) is 23.2. The second-order valence-electron chi connectivity index (χ2n) is 9.50. The molecule has 3 atom stereocenters. The number of H-pyrrole nitrogens is 2. The minimum Gasteiger partial charge on any atom is -0.382 e. The van der Waals surface area contributed by atoms with Gasteiger partial charge in [0.1, 0.15) is 17.4 Å². The van der Waals surface area contributed by atoms with Gasteiger partial charge in [-0.2, -0.15) is 0 Å². The number of nitrogens with zero attached hydrogens (tertiary/aromatic N) is 2. The Morgan fingerprint density at radius 1 is 1.27 bits per heavy atom. The first-order chi connectivity index (χ1) is 15.9. The van der Waals surface area contributed by atoms with E-state index in [9.17, 15) is 4.79 Å². The molecule has 5 N–H and O–H groups in total. The Kier molecular flexibility index (Phi) is 6.98. The Labute approximate surface area is 195 Å². The number of nitrogens with two attached hydrogens (primary N) is 1. The van der Waals surface area contributed by atoms with Crippen molar-refractivity contribution in [1.29, 1.82) is 5.41 Å². The number of likely N-dealkylation sites (tertiary alicyclic amines) is 1. The molecular weight excluding hydrogens is 412 g/mol. The zero-order valence-corrected chi connectivity index (χ0v) is 19.9. The molecule has 3 heterocycles. The molecule has 2 aromatic heterocycles. The van der Waals surface area contributed by atoms with Crippen molar-refractivity contribution >= 4 is 16.7 Å². The SMILES string of the molecule is CCCCC(c1cccc2[nH]c(=O)c(Cc3ncc(C(=N)N)[nH]3)cc12)N1C(C)CCCC1C. The summed E-state index contributed by atoms with van der Waals surface area (Å²) in [4.78, 5) is 26.0. The van der Waals surface area contributed by atoms with Gasteiger partial charge in [0.15, 0.2) is 0 Å². The lowest BCUT2D eigenvalue weighted by Gasteiger charge is -2.45. The van der Waals surface area contributed by atoms with Gasteiger partial charge >= 0.3 is 0 Å². The summed E-state index contributed by atoms with van der Waals surface area (Å²) < 4.78 is 0. The van der Waals surface area contributed by atoms with E-state index < -0.39 is 0 Å². The highest BCUT2D eigenvalue weighted by Crippen LogP contribution is 2.38. The molecule has 176 valence electrons. The van der Waals surface area contributed by atoms with Crippen molar-refractivity contribution in [1.82, 2.24) is 19.9 Å². The first-order valence-electron chi connectivity index (χ1n) is 12.2. The molecular formula is C26H36N6O. The Hall–Kier alpha value is -2.93. The van der Waals surface area contributed by atoms with Gasteiger partial charge in [0.25, 0.3) is 5.56 Å². The highest BCUT2D eigenvalue weighted by molar-refractivity contribution is 5.92. The number of fused-ring (bicyclic) bond motifs is 1. The number of rotatable bonds is 8. The van der Waals surface area contributed by atoms with Crippen molar-refractivity contribution in [2.24, 2.45) is 5.73 Å². The second-order valence-corrected chi connectivity index (χ2v) is 9.50. The number of pyridine rings is 1. The van der Waals surface area contributed by atoms with Crippen LogP contribution in [0.2, 0.25) is 0 Å². The number of hydrogen-bond donors (Lipinski definition) is 4. The van der Waals surface area contributed by atoms with E-state index >= 15 is 0 Å². The van der Waals surface area contributed by atoms with Crippen LogP contribution in [0.5, 0.6) is 0 Å². The molecule has 4 rings (SSSR count). The summed E-state index contributed by atoms with van der Waals surface area (Å²) in [6, 6.07) is 9.74. The predicted molar refractivity (Wildman–Crippen MR) is 134 cm³/mol. The third-order valence-corrected chi connectivity index (χ3v) is 7.09. The van der Waals surface area contributed by atoms with Gasteiger partial charge in [-0.15, -0.1) is 0 Å². The lowest BCUT2D eigenvalue weighted by Crippen LogP contribution is -2.46. The molecule has 0 saturated carbocycles. The molecule has 1 saturated heterocycles. The van der Waals surface area contributed by atoms with Crippen molar-refractivity contribution in [3.05, 3.63) is 63.5 Å². The highest BCUT2D eigenvalue weighted by atomic mass is 16.1. The molecule has 3 unspecified atom stereocenters. The summed E-state index contributed by atoms with van der Waals surface area (Å²) in [5.41, 5.74) is 8.75. The molecule has 0 bridgehead atoms. The van der Waals surface area contributed by atoms with Crippen molar-refractivity contribution in [3.63, 3.8) is 0 Å². The van der Waals surface area contributed by atoms with E-state index in [1.807, 2.05) is 12.1 Å². The molecule has 1 fully saturated rings. The average Bonchev–Trinajstić information content (AvgIpc) is 3.25. The van der Waals surface area contributed by atoms with E-state index in [0.717, 1.165) is 23.7 Å². The number of unbranched alkanes of at least 4 members (excludes halogenated alkanes) is 1. The Morgan fingerprint density at radius 2 is 2.03 bits per heavy atom. The summed E-state index contributed by atoms with van der Waals surface area (Å²) in [7, 11) is 0. The average molecular weight is 449 g/mol. The van der Waals surface area contributed by atoms with Crippen molar-refractivity contribution in [2.75, 3.05) is 0 Å². The van der Waals surface area contributed by atoms with E-state index in [0.29, 0.717) is 41.6 Å². The number of benzene rings is 1. The number of nitrogens with one attached hydrogen (secondary N) is 3. The molecule has 33 heavy (non-hydrogen) atoms. The van der Waals surface area contributed by atoms with Crippen LogP contribution in [0.3, 0.4) is 0 Å². The van der Waals surface area contributed by atoms with Gasteiger partial charge in [-0.05, 0) is 50.8 Å². The fourth-order valence-electron chi connectivity index (χ4n) is 5.41. The quantitative estimate of drug-likeness (QED) is 0.297. The molecule has 0 spiro atoms. The van der Waals surface area contributed by atoms with Crippen LogP contribution in [0.15, 0.2) is 35.3 Å². The van der Waals surface area contributed by atoms with Crippen LogP contribution in [0.1, 0.15) is 88.0 Å². The molecule has 0 radical (unpaired) electrons. The summed E-state index contributed by atoms with van der Waals surface area (Å²) in [5.74, 6) is 0.565. The molecule has 7 nitrogen and oxygen atoms in total. The topological polar surface area (TPSA) is 115 Å². The van der Waals surface area contributed by atoms with Crippen molar-refractivity contribution < 1.29 is 0 Å². The number of piperidine rings is 1. The van der Waals surface area contributed by atoms with Crippen LogP contribution >= 0.6 is 0 Å². The second kappa shape index (κ2) is 9.91. The molecule has 1 aliphatic heterocycles. The Bertz CT molecular complexity index is 1170. The molecule has 7 heteroatoms. The van der Waals surface area contributed by atoms with E-state index in [1.54, 1.807) is 0 Å². The van der Waals surface area contributed by atoms with Crippen LogP contribution in [-0.4, -0.2) is 37.8 Å². The van der Waals surface area contributed by atoms with Gasteiger partial charge in [0.05, 0.1) is 6.20 Å². The molecule has 1 aromatic carbocycles. The number of aromatic nitrogens is 3. The minimum atomic E-state index is -0.106. The van der Waals surface area contributed by atoms with Crippen LogP contribution in [0, 0.1) is 5.41 Å². The van der Waals surface area contributed by atoms with Crippen LogP contribution in [0.25, 0.3) is 10.9 Å². The first-order valence-corrected chi connectivity index (χ1v) is 12.2.